The number of benzene rings is 2. The number of halogens is 1. The Morgan fingerprint density at radius 3 is 2.62 bits per heavy atom. The number of rotatable bonds is 2. The van der Waals surface area contributed by atoms with Gasteiger partial charge in [0, 0.05) is 23.8 Å². The summed E-state index contributed by atoms with van der Waals surface area (Å²) in [5.74, 6) is -0.233. The minimum Gasteiger partial charge on any atom is -0.369 e. The molecule has 2 heterocycles. The van der Waals surface area contributed by atoms with Gasteiger partial charge in [0.15, 0.2) is 4.32 Å². The summed E-state index contributed by atoms with van der Waals surface area (Å²) in [7, 11) is 2.01. The van der Waals surface area contributed by atoms with Crippen LogP contribution in [0.1, 0.15) is 44.2 Å². The maximum atomic E-state index is 15.0. The highest BCUT2D eigenvalue weighted by atomic mass is 32.2. The Bertz CT molecular complexity index is 1030. The molecule has 4 rings (SSSR count). The van der Waals surface area contributed by atoms with Crippen molar-refractivity contribution in [2.45, 2.75) is 38.6 Å². The zero-order valence-electron chi connectivity index (χ0n) is 16.9. The molecule has 2 aliphatic heterocycles. The van der Waals surface area contributed by atoms with Gasteiger partial charge in [0.1, 0.15) is 5.82 Å². The van der Waals surface area contributed by atoms with Gasteiger partial charge in [-0.3, -0.25) is 9.69 Å². The van der Waals surface area contributed by atoms with E-state index < -0.39 is 0 Å². The van der Waals surface area contributed by atoms with Gasteiger partial charge in [-0.2, -0.15) is 0 Å². The molecule has 1 atom stereocenters. The molecule has 1 unspecified atom stereocenters. The van der Waals surface area contributed by atoms with Crippen LogP contribution in [0.3, 0.4) is 0 Å². The topological polar surface area (TPSA) is 23.6 Å². The lowest BCUT2D eigenvalue weighted by atomic mass is 9.80. The van der Waals surface area contributed by atoms with E-state index in [9.17, 15) is 9.18 Å². The first-order chi connectivity index (χ1) is 13.7. The summed E-state index contributed by atoms with van der Waals surface area (Å²) < 4.78 is 15.4. The van der Waals surface area contributed by atoms with Gasteiger partial charge in [-0.15, -0.1) is 0 Å². The van der Waals surface area contributed by atoms with Crippen molar-refractivity contribution in [3.05, 3.63) is 64.3 Å². The molecule has 2 aromatic rings. The number of hydrogen-bond acceptors (Lipinski definition) is 4. The minimum atomic E-state index is -0.328. The Balaban J connectivity index is 1.72. The van der Waals surface area contributed by atoms with Gasteiger partial charge in [-0.1, -0.05) is 49.1 Å². The van der Waals surface area contributed by atoms with E-state index in [-0.39, 0.29) is 17.3 Å². The number of carbonyl (C=O) groups is 1. The van der Waals surface area contributed by atoms with Crippen molar-refractivity contribution in [2.24, 2.45) is 0 Å². The van der Waals surface area contributed by atoms with E-state index in [4.69, 9.17) is 12.2 Å². The Kier molecular flexibility index (Phi) is 5.03. The molecule has 1 fully saturated rings. The summed E-state index contributed by atoms with van der Waals surface area (Å²) in [5, 5.41) is 0. The van der Waals surface area contributed by atoms with E-state index in [1.807, 2.05) is 43.4 Å². The zero-order valence-corrected chi connectivity index (χ0v) is 18.5. The lowest BCUT2D eigenvalue weighted by Crippen LogP contribution is -2.45. The number of fused-ring (bicyclic) bond motifs is 1. The van der Waals surface area contributed by atoms with E-state index in [1.165, 1.54) is 16.7 Å². The Hall–Kier alpha value is -2.18. The predicted molar refractivity (Wildman–Crippen MR) is 124 cm³/mol. The number of carbonyl (C=O) groups excluding carboxylic acids is 1. The van der Waals surface area contributed by atoms with Crippen LogP contribution in [-0.4, -0.2) is 22.8 Å². The van der Waals surface area contributed by atoms with Crippen molar-refractivity contribution in [1.82, 2.24) is 0 Å². The smallest absolute Gasteiger partial charge is 0.270 e. The maximum Gasteiger partial charge on any atom is 0.270 e. The number of anilines is 2. The normalized spacial score (nSPS) is 22.4. The van der Waals surface area contributed by atoms with Gasteiger partial charge in [-0.25, -0.2) is 4.39 Å². The first-order valence-electron chi connectivity index (χ1n) is 9.59. The monoisotopic (exact) mass is 426 g/mol. The van der Waals surface area contributed by atoms with Crippen molar-refractivity contribution >= 4 is 51.7 Å². The molecule has 0 spiro atoms. The maximum absolute atomic E-state index is 15.0. The third-order valence-corrected chi connectivity index (χ3v) is 7.15. The third-order valence-electron chi connectivity index (χ3n) is 5.85. The summed E-state index contributed by atoms with van der Waals surface area (Å²) in [5.41, 5.74) is 3.15. The minimum absolute atomic E-state index is 0.0293. The van der Waals surface area contributed by atoms with Crippen molar-refractivity contribution in [3.8, 4) is 0 Å². The van der Waals surface area contributed by atoms with Gasteiger partial charge in [-0.05, 0) is 62.1 Å². The molecule has 0 saturated carbocycles. The Morgan fingerprint density at radius 2 is 1.93 bits per heavy atom. The zero-order chi connectivity index (χ0) is 20.9. The van der Waals surface area contributed by atoms with Crippen LogP contribution >= 0.6 is 24.0 Å². The summed E-state index contributed by atoms with van der Waals surface area (Å²) >= 11 is 6.62. The van der Waals surface area contributed by atoms with Crippen molar-refractivity contribution in [3.63, 3.8) is 0 Å². The Morgan fingerprint density at radius 1 is 1.24 bits per heavy atom. The third kappa shape index (κ3) is 3.49. The fourth-order valence-corrected chi connectivity index (χ4v) is 5.41. The molecular formula is C23H23FN2OS2. The highest BCUT2D eigenvalue weighted by Gasteiger charge is 2.36. The van der Waals surface area contributed by atoms with E-state index in [2.05, 4.69) is 25.7 Å². The number of nitrogens with zero attached hydrogens (tertiary/aromatic N) is 2. The molecule has 0 aromatic heterocycles. The number of para-hydroxylation sites is 1. The average Bonchev–Trinajstić information content (AvgIpc) is 2.95. The lowest BCUT2D eigenvalue weighted by molar-refractivity contribution is -0.113. The fourth-order valence-electron chi connectivity index (χ4n) is 4.12. The van der Waals surface area contributed by atoms with Crippen LogP contribution in [0.5, 0.6) is 0 Å². The van der Waals surface area contributed by atoms with Gasteiger partial charge in [0.2, 0.25) is 0 Å². The SMILES string of the molecule is CC1CC(C)(C)N(C)c2cc(F)c(/C=C3/SC(=S)N(c4ccccc4)C3=O)cc21. The molecule has 3 nitrogen and oxygen atoms in total. The highest BCUT2D eigenvalue weighted by molar-refractivity contribution is 8.27. The van der Waals surface area contributed by atoms with Crippen molar-refractivity contribution < 1.29 is 9.18 Å². The summed E-state index contributed by atoms with van der Waals surface area (Å²) in [6, 6.07) is 12.8. The molecule has 6 heteroatoms. The highest BCUT2D eigenvalue weighted by Crippen LogP contribution is 2.44. The molecule has 2 aromatic carbocycles. The molecular weight excluding hydrogens is 403 g/mol. The van der Waals surface area contributed by atoms with Gasteiger partial charge < -0.3 is 4.90 Å². The lowest BCUT2D eigenvalue weighted by Gasteiger charge is -2.45. The number of thiocarbonyl (C=S) groups is 1. The summed E-state index contributed by atoms with van der Waals surface area (Å²) in [6.45, 7) is 6.52. The standard InChI is InChI=1S/C23H23FN2OS2/c1-14-13-23(2,3)25(4)19-12-18(24)15(10-17(14)19)11-20-21(27)26(22(28)29-20)16-8-6-5-7-9-16/h5-12,14H,13H2,1-4H3/b20-11+. The summed E-state index contributed by atoms with van der Waals surface area (Å²) in [4.78, 5) is 17.0. The van der Waals surface area contributed by atoms with Gasteiger partial charge in [0.25, 0.3) is 5.91 Å². The molecule has 2 aliphatic rings. The van der Waals surface area contributed by atoms with E-state index in [0.29, 0.717) is 20.7 Å². The van der Waals surface area contributed by atoms with Crippen LogP contribution in [0.2, 0.25) is 0 Å². The quantitative estimate of drug-likeness (QED) is 0.437. The van der Waals surface area contributed by atoms with Crippen molar-refractivity contribution in [2.75, 3.05) is 16.8 Å². The molecule has 0 aliphatic carbocycles. The van der Waals surface area contributed by atoms with Crippen molar-refractivity contribution in [1.29, 1.82) is 0 Å². The van der Waals surface area contributed by atoms with E-state index in [0.717, 1.165) is 23.4 Å². The van der Waals surface area contributed by atoms with E-state index in [1.54, 1.807) is 12.1 Å². The molecule has 1 amide bonds. The largest absolute Gasteiger partial charge is 0.369 e. The van der Waals surface area contributed by atoms with Crippen LogP contribution < -0.4 is 9.80 Å². The number of hydrogen-bond donors (Lipinski definition) is 0. The van der Waals surface area contributed by atoms with Gasteiger partial charge >= 0.3 is 0 Å². The average molecular weight is 427 g/mol. The van der Waals surface area contributed by atoms with Crippen LogP contribution in [0.4, 0.5) is 15.8 Å². The number of thioether (sulfide) groups is 1. The van der Waals surface area contributed by atoms with Crippen LogP contribution in [0.25, 0.3) is 6.08 Å². The van der Waals surface area contributed by atoms with E-state index >= 15 is 0 Å². The molecule has 1 saturated heterocycles. The first-order valence-corrected chi connectivity index (χ1v) is 10.8. The second kappa shape index (κ2) is 7.26. The predicted octanol–water partition coefficient (Wildman–Crippen LogP) is 5.95. The number of amides is 1. The van der Waals surface area contributed by atoms with Crippen LogP contribution in [-0.2, 0) is 4.79 Å². The molecule has 29 heavy (non-hydrogen) atoms. The second-order valence-corrected chi connectivity index (χ2v) is 9.94. The first kappa shape index (κ1) is 20.1. The fraction of sp³-hybridized carbons (Fsp3) is 0.304. The van der Waals surface area contributed by atoms with Crippen LogP contribution in [0.15, 0.2) is 47.4 Å². The molecule has 0 radical (unpaired) electrons. The molecule has 150 valence electrons. The molecule has 0 bridgehead atoms. The summed E-state index contributed by atoms with van der Waals surface area (Å²) in [6.07, 6.45) is 2.61. The molecule has 0 N–H and O–H groups in total. The Labute approximate surface area is 180 Å². The second-order valence-electron chi connectivity index (χ2n) is 8.26. The van der Waals surface area contributed by atoms with Gasteiger partial charge in [0.05, 0.1) is 10.6 Å². The van der Waals surface area contributed by atoms with Crippen LogP contribution in [0, 0.1) is 5.82 Å².